The number of aliphatic hydroxyl groups excluding tert-OH is 1. The molecule has 1 N–H and O–H groups in total. The van der Waals surface area contributed by atoms with Gasteiger partial charge in [-0.2, -0.15) is 0 Å². The maximum Gasteiger partial charge on any atom is 0.306 e. The highest BCUT2D eigenvalue weighted by molar-refractivity contribution is 5.69. The molecule has 4 nitrogen and oxygen atoms in total. The highest BCUT2D eigenvalue weighted by atomic mass is 16.6. The van der Waals surface area contributed by atoms with E-state index < -0.39 is 6.10 Å². The third kappa shape index (κ3) is 34.8. The predicted molar refractivity (Wildman–Crippen MR) is 191 cm³/mol. The van der Waals surface area contributed by atoms with Gasteiger partial charge in [0.15, 0.2) is 0 Å². The lowest BCUT2D eigenvalue weighted by molar-refractivity contribution is -0.154. The highest BCUT2D eigenvalue weighted by Crippen LogP contribution is 2.12. The number of hydrogen-bond acceptors (Lipinski definition) is 4. The van der Waals surface area contributed by atoms with Crippen molar-refractivity contribution in [3.05, 3.63) is 48.6 Å². The van der Waals surface area contributed by atoms with Crippen molar-refractivity contribution in [2.45, 2.75) is 180 Å². The minimum atomic E-state index is -0.543. The molecule has 0 aromatic carbocycles. The Morgan fingerprint density at radius 1 is 0.545 bits per heavy atom. The molecule has 0 rings (SSSR count). The standard InChI is InChI=1S/C40H72O4/c1-3-5-7-9-11-13-15-17-19-20-21-22-23-25-27-29-31-33-35-40(42)44-39(37-41)38-43-36-34-32-30-28-26-24-18-16-14-12-10-8-6-4-2/h8,10,13-16,19-20,39,41H,3-7,9,11-12,17-18,21-38H2,1-2H3/b10-8-,15-13-,16-14-,20-19-. The number of allylic oxidation sites excluding steroid dienone is 8. The normalized spacial score (nSPS) is 12.9. The van der Waals surface area contributed by atoms with E-state index in [2.05, 4.69) is 62.5 Å². The lowest BCUT2D eigenvalue weighted by Gasteiger charge is -2.15. The second-order valence-corrected chi connectivity index (χ2v) is 12.3. The fraction of sp³-hybridized carbons (Fsp3) is 0.775. The molecule has 1 unspecified atom stereocenters. The number of esters is 1. The Hall–Kier alpha value is -1.65. The van der Waals surface area contributed by atoms with Gasteiger partial charge in [0.1, 0.15) is 6.10 Å². The smallest absolute Gasteiger partial charge is 0.306 e. The van der Waals surface area contributed by atoms with Crippen molar-refractivity contribution < 1.29 is 19.4 Å². The summed E-state index contributed by atoms with van der Waals surface area (Å²) in [4.78, 5) is 12.1. The third-order valence-electron chi connectivity index (χ3n) is 7.86. The van der Waals surface area contributed by atoms with E-state index in [9.17, 15) is 9.90 Å². The van der Waals surface area contributed by atoms with Crippen LogP contribution in [-0.4, -0.2) is 37.0 Å². The van der Waals surface area contributed by atoms with Gasteiger partial charge in [-0.15, -0.1) is 0 Å². The van der Waals surface area contributed by atoms with Crippen molar-refractivity contribution in [2.75, 3.05) is 19.8 Å². The van der Waals surface area contributed by atoms with Gasteiger partial charge in [0.2, 0.25) is 0 Å². The fourth-order valence-electron chi connectivity index (χ4n) is 5.04. The number of hydrogen-bond donors (Lipinski definition) is 1. The van der Waals surface area contributed by atoms with E-state index in [0.29, 0.717) is 13.0 Å². The van der Waals surface area contributed by atoms with E-state index in [4.69, 9.17) is 9.47 Å². The van der Waals surface area contributed by atoms with E-state index >= 15 is 0 Å². The molecular weight excluding hydrogens is 544 g/mol. The van der Waals surface area contributed by atoms with Gasteiger partial charge in [-0.25, -0.2) is 0 Å². The van der Waals surface area contributed by atoms with Crippen LogP contribution < -0.4 is 0 Å². The number of carbonyl (C=O) groups is 1. The van der Waals surface area contributed by atoms with Gasteiger partial charge < -0.3 is 14.6 Å². The molecule has 0 aromatic rings. The lowest BCUT2D eigenvalue weighted by atomic mass is 10.1. The summed E-state index contributed by atoms with van der Waals surface area (Å²) in [6.45, 7) is 5.23. The molecule has 4 heteroatoms. The summed E-state index contributed by atoms with van der Waals surface area (Å²) in [7, 11) is 0. The summed E-state index contributed by atoms with van der Waals surface area (Å²) in [6.07, 6.45) is 47.2. The molecule has 0 radical (unpaired) electrons. The van der Waals surface area contributed by atoms with Crippen LogP contribution >= 0.6 is 0 Å². The minimum Gasteiger partial charge on any atom is -0.457 e. The van der Waals surface area contributed by atoms with Crippen LogP contribution in [0.2, 0.25) is 0 Å². The largest absolute Gasteiger partial charge is 0.457 e. The molecule has 0 aliphatic heterocycles. The first-order chi connectivity index (χ1) is 21.7. The van der Waals surface area contributed by atoms with Crippen LogP contribution in [0.3, 0.4) is 0 Å². The number of rotatable bonds is 34. The van der Waals surface area contributed by atoms with Crippen molar-refractivity contribution in [1.29, 1.82) is 0 Å². The van der Waals surface area contributed by atoms with E-state index in [1.54, 1.807) is 0 Å². The molecule has 0 saturated carbocycles. The Kier molecular flexibility index (Phi) is 36.1. The Labute approximate surface area is 273 Å². The van der Waals surface area contributed by atoms with Gasteiger partial charge in [0, 0.05) is 13.0 Å². The van der Waals surface area contributed by atoms with Crippen LogP contribution in [0.15, 0.2) is 48.6 Å². The van der Waals surface area contributed by atoms with Crippen LogP contribution in [0.4, 0.5) is 0 Å². The summed E-state index contributed by atoms with van der Waals surface area (Å²) >= 11 is 0. The van der Waals surface area contributed by atoms with Gasteiger partial charge in [0.25, 0.3) is 0 Å². The molecule has 0 bridgehead atoms. The summed E-state index contributed by atoms with van der Waals surface area (Å²) in [5.41, 5.74) is 0. The van der Waals surface area contributed by atoms with Crippen LogP contribution in [0.5, 0.6) is 0 Å². The Morgan fingerprint density at radius 3 is 1.50 bits per heavy atom. The van der Waals surface area contributed by atoms with Crippen molar-refractivity contribution in [3.63, 3.8) is 0 Å². The molecule has 0 spiro atoms. The average Bonchev–Trinajstić information content (AvgIpc) is 3.03. The zero-order chi connectivity index (χ0) is 32.0. The second-order valence-electron chi connectivity index (χ2n) is 12.3. The van der Waals surface area contributed by atoms with Crippen LogP contribution in [0.1, 0.15) is 174 Å². The van der Waals surface area contributed by atoms with Crippen LogP contribution in [0, 0.1) is 0 Å². The SMILES string of the molecule is CCC/C=C\C/C=C\CCCCCCCCOCC(CO)OC(=O)CCCCCCCCC/C=C\C/C=C\CCCCCC. The number of carbonyl (C=O) groups excluding carboxylic acids is 1. The summed E-state index contributed by atoms with van der Waals surface area (Å²) in [5.74, 6) is -0.214. The molecule has 0 heterocycles. The van der Waals surface area contributed by atoms with E-state index in [0.717, 1.165) is 38.5 Å². The monoisotopic (exact) mass is 617 g/mol. The Bertz CT molecular complexity index is 693. The van der Waals surface area contributed by atoms with Crippen molar-refractivity contribution >= 4 is 5.97 Å². The molecule has 1 atom stereocenters. The van der Waals surface area contributed by atoms with Gasteiger partial charge >= 0.3 is 5.97 Å². The van der Waals surface area contributed by atoms with Crippen molar-refractivity contribution in [2.24, 2.45) is 0 Å². The van der Waals surface area contributed by atoms with Gasteiger partial charge in [0.05, 0.1) is 13.2 Å². The minimum absolute atomic E-state index is 0.180. The molecule has 0 amide bonds. The van der Waals surface area contributed by atoms with E-state index in [1.807, 2.05) is 0 Å². The first-order valence-electron chi connectivity index (χ1n) is 18.7. The molecule has 256 valence electrons. The zero-order valence-corrected chi connectivity index (χ0v) is 29.2. The Morgan fingerprint density at radius 2 is 1.00 bits per heavy atom. The van der Waals surface area contributed by atoms with E-state index in [-0.39, 0.29) is 19.2 Å². The highest BCUT2D eigenvalue weighted by Gasteiger charge is 2.13. The van der Waals surface area contributed by atoms with Crippen LogP contribution in [-0.2, 0) is 14.3 Å². The van der Waals surface area contributed by atoms with Gasteiger partial charge in [-0.1, -0.05) is 146 Å². The van der Waals surface area contributed by atoms with Crippen LogP contribution in [0.25, 0.3) is 0 Å². The maximum atomic E-state index is 12.1. The number of ether oxygens (including phenoxy) is 2. The number of unbranched alkanes of at least 4 members (excludes halogenated alkanes) is 18. The van der Waals surface area contributed by atoms with Gasteiger partial charge in [-0.3, -0.25) is 4.79 Å². The summed E-state index contributed by atoms with van der Waals surface area (Å²) in [5, 5.41) is 9.56. The molecule has 0 aliphatic carbocycles. The average molecular weight is 617 g/mol. The molecule has 0 aliphatic rings. The molecule has 0 fully saturated rings. The molecular formula is C40H72O4. The molecule has 0 saturated heterocycles. The van der Waals surface area contributed by atoms with Crippen molar-refractivity contribution in [3.8, 4) is 0 Å². The topological polar surface area (TPSA) is 55.8 Å². The first-order valence-corrected chi connectivity index (χ1v) is 18.7. The second kappa shape index (κ2) is 37.5. The number of aliphatic hydroxyl groups is 1. The fourth-order valence-corrected chi connectivity index (χ4v) is 5.04. The first kappa shape index (κ1) is 42.3. The quantitative estimate of drug-likeness (QED) is 0.0444. The third-order valence-corrected chi connectivity index (χ3v) is 7.86. The Balaban J connectivity index is 3.49. The lowest BCUT2D eigenvalue weighted by Crippen LogP contribution is -2.27. The molecule has 0 aromatic heterocycles. The predicted octanol–water partition coefficient (Wildman–Crippen LogP) is 11.9. The summed E-state index contributed by atoms with van der Waals surface area (Å²) in [6, 6.07) is 0. The summed E-state index contributed by atoms with van der Waals surface area (Å²) < 4.78 is 11.1. The van der Waals surface area contributed by atoms with Crippen molar-refractivity contribution in [1.82, 2.24) is 0 Å². The van der Waals surface area contributed by atoms with Gasteiger partial charge in [-0.05, 0) is 70.6 Å². The van der Waals surface area contributed by atoms with E-state index in [1.165, 1.54) is 116 Å². The maximum absolute atomic E-state index is 12.1. The molecule has 44 heavy (non-hydrogen) atoms. The zero-order valence-electron chi connectivity index (χ0n) is 29.2.